The minimum absolute atomic E-state index is 0.0945. The molecule has 2 heterocycles. The van der Waals surface area contributed by atoms with Crippen LogP contribution < -0.4 is 5.32 Å². The molecule has 1 fully saturated rings. The molecule has 100 valence electrons. The van der Waals surface area contributed by atoms with E-state index in [1.165, 1.54) is 0 Å². The van der Waals surface area contributed by atoms with Crippen LogP contribution in [-0.4, -0.2) is 41.0 Å². The van der Waals surface area contributed by atoms with Gasteiger partial charge in [-0.2, -0.15) is 0 Å². The number of aromatic nitrogens is 1. The molecule has 19 heavy (non-hydrogen) atoms. The highest BCUT2D eigenvalue weighted by atomic mass is 16.2. The topological polar surface area (TPSA) is 48.1 Å². The van der Waals surface area contributed by atoms with Crippen molar-refractivity contribution in [1.82, 2.24) is 15.2 Å². The Kier molecular flexibility index (Phi) is 3.03. The summed E-state index contributed by atoms with van der Waals surface area (Å²) in [6.07, 6.45) is 0. The monoisotopic (exact) mass is 257 g/mol. The van der Waals surface area contributed by atoms with E-state index in [9.17, 15) is 4.79 Å². The number of piperazine rings is 1. The lowest BCUT2D eigenvalue weighted by Gasteiger charge is -2.37. The fourth-order valence-electron chi connectivity index (χ4n) is 2.65. The Morgan fingerprint density at radius 3 is 2.89 bits per heavy atom. The van der Waals surface area contributed by atoms with Gasteiger partial charge in [0.2, 0.25) is 0 Å². The predicted octanol–water partition coefficient (Wildman–Crippen LogP) is 1.99. The molecule has 2 aromatic rings. The number of H-pyrrole nitrogens is 1. The van der Waals surface area contributed by atoms with E-state index >= 15 is 0 Å². The van der Waals surface area contributed by atoms with Crippen LogP contribution in [0, 0.1) is 0 Å². The van der Waals surface area contributed by atoms with E-state index in [-0.39, 0.29) is 11.9 Å². The summed E-state index contributed by atoms with van der Waals surface area (Å²) >= 11 is 0. The van der Waals surface area contributed by atoms with Gasteiger partial charge in [-0.05, 0) is 26.0 Å². The molecule has 0 saturated carbocycles. The van der Waals surface area contributed by atoms with E-state index in [1.807, 2.05) is 35.2 Å². The van der Waals surface area contributed by atoms with Crippen molar-refractivity contribution in [1.29, 1.82) is 0 Å². The van der Waals surface area contributed by atoms with Gasteiger partial charge >= 0.3 is 0 Å². The van der Waals surface area contributed by atoms with Crippen molar-refractivity contribution in [2.75, 3.05) is 13.1 Å². The number of fused-ring (bicyclic) bond motifs is 1. The zero-order valence-corrected chi connectivity index (χ0v) is 11.3. The van der Waals surface area contributed by atoms with Crippen molar-refractivity contribution in [2.24, 2.45) is 0 Å². The van der Waals surface area contributed by atoms with Crippen LogP contribution in [0.4, 0.5) is 0 Å². The first-order valence-electron chi connectivity index (χ1n) is 6.77. The summed E-state index contributed by atoms with van der Waals surface area (Å²) in [5, 5.41) is 4.48. The molecule has 1 aliphatic rings. The number of amides is 1. The summed E-state index contributed by atoms with van der Waals surface area (Å²) in [4.78, 5) is 17.8. The minimum atomic E-state index is 0.0945. The van der Waals surface area contributed by atoms with Gasteiger partial charge in [0.1, 0.15) is 5.69 Å². The van der Waals surface area contributed by atoms with E-state index < -0.39 is 0 Å². The molecule has 3 rings (SSSR count). The average Bonchev–Trinajstić information content (AvgIpc) is 2.84. The fraction of sp³-hybridized carbons (Fsp3) is 0.400. The summed E-state index contributed by atoms with van der Waals surface area (Å²) < 4.78 is 0. The van der Waals surface area contributed by atoms with Crippen molar-refractivity contribution in [3.8, 4) is 0 Å². The van der Waals surface area contributed by atoms with Crippen molar-refractivity contribution in [2.45, 2.75) is 25.9 Å². The van der Waals surface area contributed by atoms with Crippen LogP contribution >= 0.6 is 0 Å². The SMILES string of the molecule is CC1CN(C(=O)c2cc3ccccc3[nH]2)C(C)CN1. The first-order chi connectivity index (χ1) is 9.15. The summed E-state index contributed by atoms with van der Waals surface area (Å²) in [5.41, 5.74) is 1.70. The first kappa shape index (κ1) is 12.2. The van der Waals surface area contributed by atoms with Gasteiger partial charge in [0.25, 0.3) is 5.91 Å². The Hall–Kier alpha value is -1.81. The van der Waals surface area contributed by atoms with E-state index in [0.717, 1.165) is 24.0 Å². The zero-order chi connectivity index (χ0) is 13.4. The lowest BCUT2D eigenvalue weighted by molar-refractivity contribution is 0.0611. The first-order valence-corrected chi connectivity index (χ1v) is 6.77. The molecular weight excluding hydrogens is 238 g/mol. The highest BCUT2D eigenvalue weighted by molar-refractivity contribution is 5.98. The molecule has 2 unspecified atom stereocenters. The number of hydrogen-bond donors (Lipinski definition) is 2. The quantitative estimate of drug-likeness (QED) is 0.821. The lowest BCUT2D eigenvalue weighted by atomic mass is 10.1. The van der Waals surface area contributed by atoms with Crippen molar-refractivity contribution in [3.05, 3.63) is 36.0 Å². The summed E-state index contributed by atoms with van der Waals surface area (Å²) in [6, 6.07) is 10.5. The van der Waals surface area contributed by atoms with E-state index in [1.54, 1.807) is 0 Å². The molecule has 1 saturated heterocycles. The Morgan fingerprint density at radius 2 is 2.11 bits per heavy atom. The number of para-hydroxylation sites is 1. The smallest absolute Gasteiger partial charge is 0.270 e. The predicted molar refractivity (Wildman–Crippen MR) is 76.3 cm³/mol. The number of nitrogens with one attached hydrogen (secondary N) is 2. The Morgan fingerprint density at radius 1 is 1.32 bits per heavy atom. The molecule has 4 heteroatoms. The Labute approximate surface area is 112 Å². The van der Waals surface area contributed by atoms with Crippen LogP contribution in [-0.2, 0) is 0 Å². The molecule has 0 bridgehead atoms. The molecule has 0 aliphatic carbocycles. The maximum atomic E-state index is 12.6. The Balaban J connectivity index is 1.90. The van der Waals surface area contributed by atoms with E-state index in [2.05, 4.69) is 24.1 Å². The molecule has 0 spiro atoms. The van der Waals surface area contributed by atoms with Gasteiger partial charge in [-0.15, -0.1) is 0 Å². The third kappa shape index (κ3) is 2.24. The van der Waals surface area contributed by atoms with Crippen LogP contribution in [0.25, 0.3) is 10.9 Å². The number of hydrogen-bond acceptors (Lipinski definition) is 2. The standard InChI is InChI=1S/C15H19N3O/c1-10-9-18(11(2)8-16-10)15(19)14-7-12-5-3-4-6-13(12)17-14/h3-7,10-11,16-17H,8-9H2,1-2H3. The second-order valence-corrected chi connectivity index (χ2v) is 5.39. The zero-order valence-electron chi connectivity index (χ0n) is 11.3. The molecule has 1 aromatic heterocycles. The number of rotatable bonds is 1. The largest absolute Gasteiger partial charge is 0.351 e. The van der Waals surface area contributed by atoms with Crippen molar-refractivity contribution >= 4 is 16.8 Å². The summed E-state index contributed by atoms with van der Waals surface area (Å²) in [5.74, 6) is 0.0945. The molecule has 4 nitrogen and oxygen atoms in total. The number of nitrogens with zero attached hydrogens (tertiary/aromatic N) is 1. The van der Waals surface area contributed by atoms with Gasteiger partial charge < -0.3 is 15.2 Å². The number of aromatic amines is 1. The van der Waals surface area contributed by atoms with Crippen LogP contribution in [0.15, 0.2) is 30.3 Å². The van der Waals surface area contributed by atoms with Gasteiger partial charge in [-0.1, -0.05) is 18.2 Å². The van der Waals surface area contributed by atoms with Crippen LogP contribution in [0.5, 0.6) is 0 Å². The lowest BCUT2D eigenvalue weighted by Crippen LogP contribution is -2.56. The van der Waals surface area contributed by atoms with Crippen molar-refractivity contribution < 1.29 is 4.79 Å². The normalized spacial score (nSPS) is 23.8. The highest BCUT2D eigenvalue weighted by Crippen LogP contribution is 2.18. The van der Waals surface area contributed by atoms with Crippen molar-refractivity contribution in [3.63, 3.8) is 0 Å². The van der Waals surface area contributed by atoms with E-state index in [4.69, 9.17) is 0 Å². The average molecular weight is 257 g/mol. The second-order valence-electron chi connectivity index (χ2n) is 5.39. The van der Waals surface area contributed by atoms with E-state index in [0.29, 0.717) is 11.7 Å². The number of benzene rings is 1. The second kappa shape index (κ2) is 4.70. The third-order valence-electron chi connectivity index (χ3n) is 3.79. The summed E-state index contributed by atoms with van der Waals surface area (Å²) in [6.45, 7) is 5.80. The molecule has 1 amide bonds. The number of carbonyl (C=O) groups is 1. The fourth-order valence-corrected chi connectivity index (χ4v) is 2.65. The molecule has 2 atom stereocenters. The third-order valence-corrected chi connectivity index (χ3v) is 3.79. The molecule has 2 N–H and O–H groups in total. The van der Waals surface area contributed by atoms with Crippen LogP contribution in [0.1, 0.15) is 24.3 Å². The van der Waals surface area contributed by atoms with Crippen LogP contribution in [0.3, 0.4) is 0 Å². The molecule has 1 aliphatic heterocycles. The maximum Gasteiger partial charge on any atom is 0.270 e. The highest BCUT2D eigenvalue weighted by Gasteiger charge is 2.28. The van der Waals surface area contributed by atoms with Gasteiger partial charge in [0.15, 0.2) is 0 Å². The van der Waals surface area contributed by atoms with Crippen LogP contribution in [0.2, 0.25) is 0 Å². The molecular formula is C15H19N3O. The molecule has 0 radical (unpaired) electrons. The maximum absolute atomic E-state index is 12.6. The van der Waals surface area contributed by atoms with Gasteiger partial charge in [0.05, 0.1) is 0 Å². The summed E-state index contributed by atoms with van der Waals surface area (Å²) in [7, 11) is 0. The molecule has 1 aromatic carbocycles. The Bertz CT molecular complexity index is 571. The minimum Gasteiger partial charge on any atom is -0.351 e. The van der Waals surface area contributed by atoms with Gasteiger partial charge in [-0.25, -0.2) is 0 Å². The van der Waals surface area contributed by atoms with Gasteiger partial charge in [0, 0.05) is 36.1 Å². The van der Waals surface area contributed by atoms with Gasteiger partial charge in [-0.3, -0.25) is 4.79 Å². The number of carbonyl (C=O) groups excluding carboxylic acids is 1.